The second-order valence-corrected chi connectivity index (χ2v) is 4.54. The lowest BCUT2D eigenvalue weighted by atomic mass is 10.1. The minimum absolute atomic E-state index is 0.312. The van der Waals surface area contributed by atoms with E-state index in [-0.39, 0.29) is 0 Å². The van der Waals surface area contributed by atoms with Crippen LogP contribution < -0.4 is 10.5 Å². The summed E-state index contributed by atoms with van der Waals surface area (Å²) in [5, 5.41) is 3.92. The Hall–Kier alpha value is -1.99. The van der Waals surface area contributed by atoms with E-state index < -0.39 is 5.54 Å². The molecule has 0 aliphatic rings. The van der Waals surface area contributed by atoms with Gasteiger partial charge in [0.05, 0.1) is 13.7 Å². The molecule has 0 saturated heterocycles. The van der Waals surface area contributed by atoms with Crippen LogP contribution in [0, 0.1) is 0 Å². The molecule has 0 aliphatic heterocycles. The monoisotopic (exact) mass is 278 g/mol. The van der Waals surface area contributed by atoms with Crippen LogP contribution in [0.15, 0.2) is 22.9 Å². The number of aromatic nitrogens is 3. The molecule has 0 spiro atoms. The molecule has 7 heteroatoms. The zero-order chi connectivity index (χ0) is 14.6. The van der Waals surface area contributed by atoms with Gasteiger partial charge in [0.25, 0.3) is 5.89 Å². The Kier molecular flexibility index (Phi) is 4.31. The molecule has 0 radical (unpaired) electrons. The molecular weight excluding hydrogens is 260 g/mol. The van der Waals surface area contributed by atoms with Gasteiger partial charge < -0.3 is 19.7 Å². The molecule has 0 saturated carbocycles. The van der Waals surface area contributed by atoms with E-state index in [4.69, 9.17) is 19.7 Å². The van der Waals surface area contributed by atoms with Gasteiger partial charge in [-0.25, -0.2) is 4.98 Å². The highest BCUT2D eigenvalue weighted by atomic mass is 16.5. The summed E-state index contributed by atoms with van der Waals surface area (Å²) < 4.78 is 15.7. The van der Waals surface area contributed by atoms with Gasteiger partial charge in [0.15, 0.2) is 5.82 Å². The van der Waals surface area contributed by atoms with Gasteiger partial charge >= 0.3 is 0 Å². The summed E-state index contributed by atoms with van der Waals surface area (Å²) in [5.41, 5.74) is 5.94. The number of rotatable bonds is 6. The molecule has 2 aromatic heterocycles. The average molecular weight is 278 g/mol. The Morgan fingerprint density at radius 2 is 2.25 bits per heavy atom. The Balaban J connectivity index is 2.29. The lowest BCUT2D eigenvalue weighted by Gasteiger charge is -2.19. The summed E-state index contributed by atoms with van der Waals surface area (Å²) in [6, 6.07) is 3.56. The predicted octanol–water partition coefficient (Wildman–Crippen LogP) is 1.35. The van der Waals surface area contributed by atoms with Gasteiger partial charge in [0.1, 0.15) is 11.1 Å². The fourth-order valence-electron chi connectivity index (χ4n) is 1.66. The van der Waals surface area contributed by atoms with Crippen molar-refractivity contribution in [2.45, 2.75) is 19.4 Å². The summed E-state index contributed by atoms with van der Waals surface area (Å²) in [7, 11) is 1.53. The molecule has 0 bridgehead atoms. The molecule has 0 fully saturated rings. The maximum absolute atomic E-state index is 6.13. The number of hydrogen-bond acceptors (Lipinski definition) is 7. The van der Waals surface area contributed by atoms with Crippen LogP contribution in [0.3, 0.4) is 0 Å². The topological polar surface area (TPSA) is 96.3 Å². The van der Waals surface area contributed by atoms with Gasteiger partial charge in [-0.3, -0.25) is 0 Å². The van der Waals surface area contributed by atoms with Crippen molar-refractivity contribution in [2.75, 3.05) is 20.3 Å². The Labute approximate surface area is 117 Å². The molecule has 2 aromatic rings. The van der Waals surface area contributed by atoms with Crippen LogP contribution in [0.4, 0.5) is 0 Å². The van der Waals surface area contributed by atoms with E-state index in [9.17, 15) is 0 Å². The highest BCUT2D eigenvalue weighted by Gasteiger charge is 2.28. The largest absolute Gasteiger partial charge is 0.480 e. The maximum atomic E-state index is 6.13. The average Bonchev–Trinajstić information content (AvgIpc) is 2.95. The predicted molar refractivity (Wildman–Crippen MR) is 72.1 cm³/mol. The Morgan fingerprint density at radius 3 is 2.95 bits per heavy atom. The fourth-order valence-corrected chi connectivity index (χ4v) is 1.66. The summed E-state index contributed by atoms with van der Waals surface area (Å²) in [5.74, 6) is 1.12. The van der Waals surface area contributed by atoms with Crippen molar-refractivity contribution in [1.82, 2.24) is 15.1 Å². The molecule has 0 aromatic carbocycles. The van der Waals surface area contributed by atoms with E-state index in [2.05, 4.69) is 15.1 Å². The highest BCUT2D eigenvalue weighted by molar-refractivity contribution is 5.59. The number of nitrogens with two attached hydrogens (primary N) is 1. The third-order valence-corrected chi connectivity index (χ3v) is 2.74. The van der Waals surface area contributed by atoms with Crippen molar-refractivity contribution < 1.29 is 14.0 Å². The number of pyridine rings is 1. The molecule has 2 N–H and O–H groups in total. The van der Waals surface area contributed by atoms with Crippen LogP contribution >= 0.6 is 0 Å². The van der Waals surface area contributed by atoms with E-state index in [1.54, 1.807) is 25.3 Å². The minimum atomic E-state index is -0.812. The third-order valence-electron chi connectivity index (χ3n) is 2.74. The minimum Gasteiger partial charge on any atom is -0.480 e. The van der Waals surface area contributed by atoms with Crippen molar-refractivity contribution in [3.8, 4) is 17.3 Å². The normalized spacial score (nSPS) is 14.0. The number of nitrogens with zero attached hydrogens (tertiary/aromatic N) is 3. The van der Waals surface area contributed by atoms with Gasteiger partial charge in [0.2, 0.25) is 5.88 Å². The van der Waals surface area contributed by atoms with Crippen LogP contribution in [0.1, 0.15) is 19.7 Å². The molecule has 1 unspecified atom stereocenters. The van der Waals surface area contributed by atoms with Gasteiger partial charge in [-0.05, 0) is 26.0 Å². The number of hydrogen-bond donors (Lipinski definition) is 1. The van der Waals surface area contributed by atoms with Crippen LogP contribution in [0.2, 0.25) is 0 Å². The number of ether oxygens (including phenoxy) is 2. The second-order valence-electron chi connectivity index (χ2n) is 4.54. The molecule has 1 atom stereocenters. The molecule has 108 valence electrons. The van der Waals surface area contributed by atoms with Crippen molar-refractivity contribution in [2.24, 2.45) is 5.73 Å². The third kappa shape index (κ3) is 2.94. The van der Waals surface area contributed by atoms with Crippen LogP contribution in [0.5, 0.6) is 5.88 Å². The van der Waals surface area contributed by atoms with E-state index >= 15 is 0 Å². The lowest BCUT2D eigenvalue weighted by molar-refractivity contribution is 0.0962. The van der Waals surface area contributed by atoms with Gasteiger partial charge in [-0.15, -0.1) is 0 Å². The second kappa shape index (κ2) is 5.98. The van der Waals surface area contributed by atoms with E-state index in [1.807, 2.05) is 6.92 Å². The van der Waals surface area contributed by atoms with E-state index in [1.165, 1.54) is 7.11 Å². The van der Waals surface area contributed by atoms with Crippen molar-refractivity contribution in [3.63, 3.8) is 0 Å². The molecule has 0 aliphatic carbocycles. The summed E-state index contributed by atoms with van der Waals surface area (Å²) in [6.07, 6.45) is 1.63. The van der Waals surface area contributed by atoms with Crippen molar-refractivity contribution in [3.05, 3.63) is 24.2 Å². The van der Waals surface area contributed by atoms with Crippen LogP contribution in [0.25, 0.3) is 11.5 Å². The zero-order valence-electron chi connectivity index (χ0n) is 11.8. The first-order valence-corrected chi connectivity index (χ1v) is 6.28. The zero-order valence-corrected chi connectivity index (χ0v) is 11.8. The number of methoxy groups -OCH3 is 1. The first kappa shape index (κ1) is 14.4. The first-order chi connectivity index (χ1) is 9.58. The van der Waals surface area contributed by atoms with Crippen LogP contribution in [-0.2, 0) is 10.3 Å². The Bertz CT molecular complexity index is 568. The van der Waals surface area contributed by atoms with Gasteiger partial charge in [-0.1, -0.05) is 5.16 Å². The van der Waals surface area contributed by atoms with Gasteiger partial charge in [0, 0.05) is 12.8 Å². The maximum Gasteiger partial charge on any atom is 0.263 e. The summed E-state index contributed by atoms with van der Waals surface area (Å²) >= 11 is 0. The fraction of sp³-hybridized carbons (Fsp3) is 0.462. The quantitative estimate of drug-likeness (QED) is 0.851. The SMILES string of the molecule is CCOCC(C)(N)c1noc(-c2cccnc2OC)n1. The lowest BCUT2D eigenvalue weighted by Crippen LogP contribution is -2.39. The highest BCUT2D eigenvalue weighted by Crippen LogP contribution is 2.27. The molecule has 0 amide bonds. The smallest absolute Gasteiger partial charge is 0.263 e. The van der Waals surface area contributed by atoms with Gasteiger partial charge in [-0.2, -0.15) is 4.98 Å². The molecular formula is C13H18N4O3. The van der Waals surface area contributed by atoms with E-state index in [0.717, 1.165) is 0 Å². The van der Waals surface area contributed by atoms with Crippen molar-refractivity contribution in [1.29, 1.82) is 0 Å². The van der Waals surface area contributed by atoms with Crippen LogP contribution in [-0.4, -0.2) is 35.4 Å². The van der Waals surface area contributed by atoms with E-state index in [0.29, 0.717) is 36.4 Å². The first-order valence-electron chi connectivity index (χ1n) is 6.28. The summed E-state index contributed by atoms with van der Waals surface area (Å²) in [4.78, 5) is 8.40. The molecule has 2 rings (SSSR count). The molecule has 20 heavy (non-hydrogen) atoms. The molecule has 2 heterocycles. The Morgan fingerprint density at radius 1 is 1.45 bits per heavy atom. The molecule has 7 nitrogen and oxygen atoms in total. The van der Waals surface area contributed by atoms with Crippen molar-refractivity contribution >= 4 is 0 Å². The summed E-state index contributed by atoms with van der Waals surface area (Å²) in [6.45, 7) is 4.58. The standard InChI is InChI=1S/C13H18N4O3/c1-4-19-8-13(2,14)12-16-11(20-17-12)9-6-5-7-15-10(9)18-3/h5-7H,4,8,14H2,1-3H3.